The normalized spacial score (nSPS) is 14.3. The summed E-state index contributed by atoms with van der Waals surface area (Å²) in [5.41, 5.74) is 2.81. The average molecular weight is 359 g/mol. The number of carbonyl (C=O) groups is 2. The van der Waals surface area contributed by atoms with Gasteiger partial charge in [0, 0.05) is 14.8 Å². The fourth-order valence-corrected chi connectivity index (χ4v) is 3.63. The third-order valence-electron chi connectivity index (χ3n) is 3.69. The molecular formula is C18H15ClN2O2S. The molecule has 0 radical (unpaired) electrons. The van der Waals surface area contributed by atoms with Crippen LogP contribution in [0, 0.1) is 13.8 Å². The lowest BCUT2D eigenvalue weighted by atomic mass is 10.1. The number of hydrogen-bond acceptors (Lipinski definition) is 3. The summed E-state index contributed by atoms with van der Waals surface area (Å²) in [7, 11) is 0. The van der Waals surface area contributed by atoms with Gasteiger partial charge in [-0.1, -0.05) is 29.9 Å². The van der Waals surface area contributed by atoms with Crippen molar-refractivity contribution in [2.24, 2.45) is 0 Å². The van der Waals surface area contributed by atoms with Crippen molar-refractivity contribution in [3.05, 3.63) is 64.8 Å². The van der Waals surface area contributed by atoms with Crippen molar-refractivity contribution in [1.82, 2.24) is 5.32 Å². The van der Waals surface area contributed by atoms with E-state index in [1.165, 1.54) is 4.90 Å². The van der Waals surface area contributed by atoms with Crippen molar-refractivity contribution in [3.8, 4) is 0 Å². The van der Waals surface area contributed by atoms with E-state index in [1.807, 2.05) is 50.2 Å². The zero-order valence-corrected chi connectivity index (χ0v) is 14.8. The summed E-state index contributed by atoms with van der Waals surface area (Å²) < 4.78 is 0. The van der Waals surface area contributed by atoms with Crippen LogP contribution in [0.25, 0.3) is 0 Å². The van der Waals surface area contributed by atoms with E-state index in [-0.39, 0.29) is 5.70 Å². The minimum Gasteiger partial charge on any atom is -0.272 e. The number of nitrogens with zero attached hydrogens (tertiary/aromatic N) is 1. The number of halogens is 1. The highest BCUT2D eigenvalue weighted by molar-refractivity contribution is 7.99. The highest BCUT2D eigenvalue weighted by Crippen LogP contribution is 2.37. The quantitative estimate of drug-likeness (QED) is 0.640. The van der Waals surface area contributed by atoms with E-state index < -0.39 is 11.9 Å². The summed E-state index contributed by atoms with van der Waals surface area (Å²) in [5.74, 6) is -0.463. The molecule has 122 valence electrons. The van der Waals surface area contributed by atoms with Crippen LogP contribution in [0.5, 0.6) is 0 Å². The van der Waals surface area contributed by atoms with Crippen LogP contribution in [-0.2, 0) is 4.79 Å². The number of anilines is 1. The maximum Gasteiger partial charge on any atom is 0.333 e. The van der Waals surface area contributed by atoms with Crippen LogP contribution in [0.4, 0.5) is 10.5 Å². The van der Waals surface area contributed by atoms with E-state index in [4.69, 9.17) is 11.6 Å². The van der Waals surface area contributed by atoms with Crippen LogP contribution in [0.1, 0.15) is 11.1 Å². The van der Waals surface area contributed by atoms with Crippen LogP contribution >= 0.6 is 23.4 Å². The van der Waals surface area contributed by atoms with Gasteiger partial charge in [-0.05, 0) is 61.4 Å². The van der Waals surface area contributed by atoms with E-state index in [0.29, 0.717) is 10.7 Å². The van der Waals surface area contributed by atoms with Gasteiger partial charge in [-0.25, -0.2) is 4.79 Å². The molecule has 0 aromatic heterocycles. The van der Waals surface area contributed by atoms with Crippen molar-refractivity contribution >= 4 is 41.0 Å². The highest BCUT2D eigenvalue weighted by Gasteiger charge is 2.33. The first-order chi connectivity index (χ1) is 11.4. The van der Waals surface area contributed by atoms with Gasteiger partial charge in [0.05, 0.1) is 5.69 Å². The molecule has 2 aromatic rings. The minimum absolute atomic E-state index is 0.136. The molecule has 3 amide bonds. The number of aryl methyl sites for hydroxylation is 2. The smallest absolute Gasteiger partial charge is 0.272 e. The molecule has 1 saturated heterocycles. The molecule has 0 atom stereocenters. The molecule has 0 saturated carbocycles. The molecule has 2 aromatic carbocycles. The molecule has 0 unspecified atom stereocenters. The molecule has 0 spiro atoms. The van der Waals surface area contributed by atoms with Gasteiger partial charge < -0.3 is 0 Å². The average Bonchev–Trinajstić information content (AvgIpc) is 2.77. The summed E-state index contributed by atoms with van der Waals surface area (Å²) in [6, 6.07) is 10.9. The van der Waals surface area contributed by atoms with Gasteiger partial charge in [-0.2, -0.15) is 0 Å². The van der Waals surface area contributed by atoms with Crippen molar-refractivity contribution in [1.29, 1.82) is 0 Å². The Kier molecular flexibility index (Phi) is 4.39. The topological polar surface area (TPSA) is 49.4 Å². The Morgan fingerprint density at radius 3 is 2.17 bits per heavy atom. The summed E-state index contributed by atoms with van der Waals surface area (Å²) in [4.78, 5) is 27.0. The van der Waals surface area contributed by atoms with E-state index in [0.717, 1.165) is 20.9 Å². The van der Waals surface area contributed by atoms with Gasteiger partial charge in [0.2, 0.25) is 0 Å². The number of amides is 3. The zero-order chi connectivity index (χ0) is 17.4. The van der Waals surface area contributed by atoms with Gasteiger partial charge >= 0.3 is 6.03 Å². The predicted octanol–water partition coefficient (Wildman–Crippen LogP) is 4.68. The number of nitrogens with one attached hydrogen (secondary N) is 1. The third kappa shape index (κ3) is 3.05. The first-order valence-corrected chi connectivity index (χ1v) is 8.45. The second-order valence-electron chi connectivity index (χ2n) is 5.51. The fraction of sp³-hybridized carbons (Fsp3) is 0.111. The van der Waals surface area contributed by atoms with Crippen molar-refractivity contribution in [2.75, 3.05) is 4.90 Å². The molecule has 1 aliphatic rings. The standard InChI is InChI=1S/C18H15ClN2O2S/c1-10-8-14(21-12(3)17(22)20-18(21)23)9-11(2)16(10)24-15-6-4-13(19)5-7-15/h4-9H,3H2,1-2H3,(H,20,22,23). The molecule has 6 heteroatoms. The summed E-state index contributed by atoms with van der Waals surface area (Å²) in [6.07, 6.45) is 0. The van der Waals surface area contributed by atoms with Gasteiger partial charge in [0.15, 0.2) is 0 Å². The van der Waals surface area contributed by atoms with Gasteiger partial charge in [0.1, 0.15) is 5.70 Å². The molecule has 24 heavy (non-hydrogen) atoms. The molecule has 3 rings (SSSR count). The van der Waals surface area contributed by atoms with E-state index in [1.54, 1.807) is 11.8 Å². The van der Waals surface area contributed by atoms with Crippen LogP contribution in [0.2, 0.25) is 5.02 Å². The molecule has 1 aliphatic heterocycles. The number of rotatable bonds is 3. The van der Waals surface area contributed by atoms with Crippen LogP contribution in [0.3, 0.4) is 0 Å². The van der Waals surface area contributed by atoms with Crippen LogP contribution < -0.4 is 10.2 Å². The van der Waals surface area contributed by atoms with E-state index >= 15 is 0 Å². The Morgan fingerprint density at radius 2 is 1.67 bits per heavy atom. The molecule has 1 heterocycles. The Hall–Kier alpha value is -2.24. The Labute approximate surface area is 149 Å². The van der Waals surface area contributed by atoms with Crippen molar-refractivity contribution in [2.45, 2.75) is 23.6 Å². The molecule has 4 nitrogen and oxygen atoms in total. The van der Waals surface area contributed by atoms with E-state index in [9.17, 15) is 9.59 Å². The molecular weight excluding hydrogens is 344 g/mol. The predicted molar refractivity (Wildman–Crippen MR) is 96.6 cm³/mol. The lowest BCUT2D eigenvalue weighted by Gasteiger charge is -2.18. The summed E-state index contributed by atoms with van der Waals surface area (Å²) in [5, 5.41) is 2.94. The minimum atomic E-state index is -0.470. The molecule has 0 aliphatic carbocycles. The van der Waals surface area contributed by atoms with Crippen molar-refractivity contribution in [3.63, 3.8) is 0 Å². The largest absolute Gasteiger partial charge is 0.333 e. The maximum atomic E-state index is 11.9. The Morgan fingerprint density at radius 1 is 1.08 bits per heavy atom. The lowest BCUT2D eigenvalue weighted by molar-refractivity contribution is -0.115. The molecule has 0 bridgehead atoms. The van der Waals surface area contributed by atoms with Gasteiger partial charge in [-0.15, -0.1) is 0 Å². The Bertz CT molecular complexity index is 839. The number of urea groups is 1. The number of hydrogen-bond donors (Lipinski definition) is 1. The molecule has 1 N–H and O–H groups in total. The second kappa shape index (κ2) is 6.34. The number of benzene rings is 2. The molecule has 1 fully saturated rings. The Balaban J connectivity index is 1.94. The maximum absolute atomic E-state index is 11.9. The summed E-state index contributed by atoms with van der Waals surface area (Å²) in [6.45, 7) is 7.64. The zero-order valence-electron chi connectivity index (χ0n) is 13.2. The highest BCUT2D eigenvalue weighted by atomic mass is 35.5. The van der Waals surface area contributed by atoms with Crippen LogP contribution in [0.15, 0.2) is 58.5 Å². The SMILES string of the molecule is C=C1C(=O)NC(=O)N1c1cc(C)c(Sc2ccc(Cl)cc2)c(C)c1. The second-order valence-corrected chi connectivity index (χ2v) is 7.03. The number of carbonyl (C=O) groups excluding carboxylic acids is 2. The number of imide groups is 1. The summed E-state index contributed by atoms with van der Waals surface area (Å²) >= 11 is 7.56. The first kappa shape index (κ1) is 16.6. The lowest BCUT2D eigenvalue weighted by Crippen LogP contribution is -2.27. The van der Waals surface area contributed by atoms with E-state index in [2.05, 4.69) is 11.9 Å². The van der Waals surface area contributed by atoms with Gasteiger partial charge in [-0.3, -0.25) is 15.0 Å². The first-order valence-electron chi connectivity index (χ1n) is 7.26. The van der Waals surface area contributed by atoms with Crippen LogP contribution in [-0.4, -0.2) is 11.9 Å². The van der Waals surface area contributed by atoms with Crippen molar-refractivity contribution < 1.29 is 9.59 Å². The third-order valence-corrected chi connectivity index (χ3v) is 5.30. The fourth-order valence-electron chi connectivity index (χ4n) is 2.56. The monoisotopic (exact) mass is 358 g/mol. The van der Waals surface area contributed by atoms with Gasteiger partial charge in [0.25, 0.3) is 5.91 Å².